The summed E-state index contributed by atoms with van der Waals surface area (Å²) < 4.78 is 32.8. The number of likely N-dealkylation sites (N-methyl/N-ethyl adjacent to an activating group) is 1. The maximum absolute atomic E-state index is 12.7. The van der Waals surface area contributed by atoms with Crippen LogP contribution < -0.4 is 0 Å². The molecule has 0 unspecified atom stereocenters. The molecule has 1 aromatic heterocycles. The number of ether oxygens (including phenoxy) is 1. The molecule has 2 rings (SSSR count). The van der Waals surface area contributed by atoms with Gasteiger partial charge in [-0.25, -0.2) is 17.4 Å². The van der Waals surface area contributed by atoms with E-state index in [-0.39, 0.29) is 37.6 Å². The fraction of sp³-hybridized carbons (Fsp3) is 0.824. The Balaban J connectivity index is 2.29. The van der Waals surface area contributed by atoms with Crippen LogP contribution in [0.5, 0.6) is 0 Å². The van der Waals surface area contributed by atoms with E-state index in [0.29, 0.717) is 25.9 Å². The molecule has 1 aliphatic heterocycles. The molecule has 11 heteroatoms. The third-order valence-corrected chi connectivity index (χ3v) is 6.42. The molecular formula is C17H31N5O5S. The predicted octanol–water partition coefficient (Wildman–Crippen LogP) is -0.306. The number of aryl methyl sites for hydroxylation is 1. The minimum absolute atomic E-state index is 0.0501. The molecule has 0 saturated heterocycles. The van der Waals surface area contributed by atoms with Crippen molar-refractivity contribution in [3.05, 3.63) is 11.9 Å². The molecule has 1 aliphatic rings. The molecule has 0 saturated carbocycles. The number of amides is 1. The fourth-order valence-electron chi connectivity index (χ4n) is 3.13. The Labute approximate surface area is 166 Å². The van der Waals surface area contributed by atoms with E-state index in [4.69, 9.17) is 4.74 Å². The van der Waals surface area contributed by atoms with Crippen LogP contribution in [0, 0.1) is 5.92 Å². The molecule has 0 spiro atoms. The largest absolute Gasteiger partial charge is 0.394 e. The van der Waals surface area contributed by atoms with E-state index in [1.807, 2.05) is 6.92 Å². The number of sulfonamides is 1. The van der Waals surface area contributed by atoms with E-state index >= 15 is 0 Å². The average Bonchev–Trinajstić information content (AvgIpc) is 3.07. The number of carbonyl (C=O) groups is 1. The number of hydrogen-bond donors (Lipinski definition) is 1. The van der Waals surface area contributed by atoms with Crippen molar-refractivity contribution < 1.29 is 23.1 Å². The number of aliphatic hydroxyl groups is 1. The van der Waals surface area contributed by atoms with Gasteiger partial charge in [-0.1, -0.05) is 12.1 Å². The van der Waals surface area contributed by atoms with Gasteiger partial charge in [0.1, 0.15) is 0 Å². The van der Waals surface area contributed by atoms with Crippen molar-refractivity contribution in [2.75, 3.05) is 33.0 Å². The van der Waals surface area contributed by atoms with Crippen LogP contribution in [0.25, 0.3) is 0 Å². The summed E-state index contributed by atoms with van der Waals surface area (Å²) in [5, 5.41) is 17.5. The number of fused-ring (bicyclic) bond motifs is 1. The van der Waals surface area contributed by atoms with Gasteiger partial charge in [0.25, 0.3) is 0 Å². The van der Waals surface area contributed by atoms with Crippen molar-refractivity contribution in [2.45, 2.75) is 52.0 Å². The minimum Gasteiger partial charge on any atom is -0.394 e. The van der Waals surface area contributed by atoms with Gasteiger partial charge in [0.15, 0.2) is 0 Å². The normalized spacial score (nSPS) is 23.8. The van der Waals surface area contributed by atoms with Crippen LogP contribution in [-0.2, 0) is 32.7 Å². The van der Waals surface area contributed by atoms with Gasteiger partial charge in [-0.05, 0) is 13.3 Å². The van der Waals surface area contributed by atoms with Gasteiger partial charge in [-0.3, -0.25) is 4.79 Å². The molecule has 0 radical (unpaired) electrons. The van der Waals surface area contributed by atoms with Crippen LogP contribution in [0.3, 0.4) is 0 Å². The van der Waals surface area contributed by atoms with Crippen molar-refractivity contribution >= 4 is 15.9 Å². The van der Waals surface area contributed by atoms with E-state index in [9.17, 15) is 18.3 Å². The minimum atomic E-state index is -3.37. The Hall–Kier alpha value is -1.56. The summed E-state index contributed by atoms with van der Waals surface area (Å²) >= 11 is 0. The lowest BCUT2D eigenvalue weighted by Crippen LogP contribution is -2.47. The summed E-state index contributed by atoms with van der Waals surface area (Å²) in [5.74, 6) is -0.197. The van der Waals surface area contributed by atoms with Gasteiger partial charge in [0.05, 0.1) is 43.5 Å². The molecule has 3 atom stereocenters. The maximum Gasteiger partial charge on any atom is 0.222 e. The molecule has 1 aromatic rings. The highest BCUT2D eigenvalue weighted by Gasteiger charge is 2.29. The van der Waals surface area contributed by atoms with Crippen molar-refractivity contribution in [2.24, 2.45) is 5.92 Å². The fourth-order valence-corrected chi connectivity index (χ4v) is 3.55. The summed E-state index contributed by atoms with van der Waals surface area (Å²) in [6.07, 6.45) is 3.28. The Bertz CT molecular complexity index is 753. The zero-order valence-corrected chi connectivity index (χ0v) is 17.8. The standard InChI is InChI=1S/C17H31N5O5S/c1-13-9-21(14(2)11-23)17(24)6-5-7-22-15(8-18-19-22)12-27-16(13)10-20(3)28(4,25)26/h8,13-14,16,23H,5-7,9-12H2,1-4H3/t13-,14-,16-/m1/s1. The lowest BCUT2D eigenvalue weighted by molar-refractivity contribution is -0.136. The first-order chi connectivity index (χ1) is 13.1. The van der Waals surface area contributed by atoms with Gasteiger partial charge in [-0.2, -0.15) is 0 Å². The quantitative estimate of drug-likeness (QED) is 0.698. The molecule has 0 aliphatic carbocycles. The molecule has 1 N–H and O–H groups in total. The van der Waals surface area contributed by atoms with Gasteiger partial charge < -0.3 is 14.7 Å². The molecule has 0 fully saturated rings. The second-order valence-electron chi connectivity index (χ2n) is 7.50. The predicted molar refractivity (Wildman–Crippen MR) is 103 cm³/mol. The highest BCUT2D eigenvalue weighted by molar-refractivity contribution is 7.88. The Morgan fingerprint density at radius 1 is 1.46 bits per heavy atom. The van der Waals surface area contributed by atoms with E-state index in [1.54, 1.807) is 22.7 Å². The van der Waals surface area contributed by atoms with Gasteiger partial charge in [0.2, 0.25) is 15.9 Å². The number of rotatable bonds is 5. The monoisotopic (exact) mass is 417 g/mol. The first-order valence-electron chi connectivity index (χ1n) is 9.44. The summed E-state index contributed by atoms with van der Waals surface area (Å²) in [6, 6.07) is -0.326. The smallest absolute Gasteiger partial charge is 0.222 e. The van der Waals surface area contributed by atoms with Gasteiger partial charge in [0, 0.05) is 39.0 Å². The van der Waals surface area contributed by atoms with Crippen LogP contribution in [0.1, 0.15) is 32.4 Å². The number of carbonyl (C=O) groups excluding carboxylic acids is 1. The molecule has 28 heavy (non-hydrogen) atoms. The van der Waals surface area contributed by atoms with Crippen molar-refractivity contribution in [1.82, 2.24) is 24.2 Å². The molecule has 0 aromatic carbocycles. The van der Waals surface area contributed by atoms with Crippen LogP contribution in [-0.4, -0.2) is 88.8 Å². The lowest BCUT2D eigenvalue weighted by atomic mass is 10.0. The third-order valence-electron chi connectivity index (χ3n) is 5.14. The van der Waals surface area contributed by atoms with Gasteiger partial charge >= 0.3 is 0 Å². The van der Waals surface area contributed by atoms with Crippen LogP contribution in [0.15, 0.2) is 6.20 Å². The SMILES string of the molecule is C[C@@H]1CN([C@H](C)CO)C(=O)CCCn2nncc2CO[C@@H]1CN(C)S(C)(=O)=O. The Kier molecular flexibility index (Phi) is 7.93. The first kappa shape index (κ1) is 22.7. The topological polar surface area (TPSA) is 118 Å². The molecule has 160 valence electrons. The highest BCUT2D eigenvalue weighted by Crippen LogP contribution is 2.18. The average molecular weight is 418 g/mol. The number of hydrogen-bond acceptors (Lipinski definition) is 7. The van der Waals surface area contributed by atoms with Crippen LogP contribution in [0.2, 0.25) is 0 Å². The summed E-state index contributed by atoms with van der Waals surface area (Å²) in [7, 11) is -1.86. The highest BCUT2D eigenvalue weighted by atomic mass is 32.2. The molecular weight excluding hydrogens is 386 g/mol. The summed E-state index contributed by atoms with van der Waals surface area (Å²) in [6.45, 7) is 4.91. The zero-order chi connectivity index (χ0) is 20.9. The van der Waals surface area contributed by atoms with E-state index < -0.39 is 16.1 Å². The summed E-state index contributed by atoms with van der Waals surface area (Å²) in [5.41, 5.74) is 0.785. The molecule has 2 heterocycles. The third kappa shape index (κ3) is 5.97. The Morgan fingerprint density at radius 3 is 2.82 bits per heavy atom. The number of aliphatic hydroxyl groups excluding tert-OH is 1. The number of aromatic nitrogens is 3. The van der Waals surface area contributed by atoms with Crippen LogP contribution >= 0.6 is 0 Å². The molecule has 0 bridgehead atoms. The van der Waals surface area contributed by atoms with E-state index in [2.05, 4.69) is 10.3 Å². The Morgan fingerprint density at radius 2 is 2.18 bits per heavy atom. The molecule has 1 amide bonds. The second kappa shape index (κ2) is 9.77. The zero-order valence-electron chi connectivity index (χ0n) is 17.0. The number of nitrogens with zero attached hydrogens (tertiary/aromatic N) is 5. The summed E-state index contributed by atoms with van der Waals surface area (Å²) in [4.78, 5) is 14.4. The van der Waals surface area contributed by atoms with Crippen molar-refractivity contribution in [3.63, 3.8) is 0 Å². The van der Waals surface area contributed by atoms with E-state index in [1.165, 1.54) is 11.4 Å². The van der Waals surface area contributed by atoms with E-state index in [0.717, 1.165) is 11.9 Å². The second-order valence-corrected chi connectivity index (χ2v) is 9.59. The van der Waals surface area contributed by atoms with Gasteiger partial charge in [-0.15, -0.1) is 5.10 Å². The lowest BCUT2D eigenvalue weighted by Gasteiger charge is -2.35. The van der Waals surface area contributed by atoms with Crippen molar-refractivity contribution in [3.8, 4) is 0 Å². The van der Waals surface area contributed by atoms with Crippen LogP contribution in [0.4, 0.5) is 0 Å². The van der Waals surface area contributed by atoms with Crippen molar-refractivity contribution in [1.29, 1.82) is 0 Å². The maximum atomic E-state index is 12.7. The first-order valence-corrected chi connectivity index (χ1v) is 11.3. The molecule has 10 nitrogen and oxygen atoms in total.